The number of rotatable bonds is 6. The van der Waals surface area contributed by atoms with Gasteiger partial charge in [0.25, 0.3) is 11.4 Å². The lowest BCUT2D eigenvalue weighted by Gasteiger charge is -2.13. The van der Waals surface area contributed by atoms with Crippen LogP contribution in [0.5, 0.6) is 0 Å². The van der Waals surface area contributed by atoms with Crippen molar-refractivity contribution in [2.24, 2.45) is 0 Å². The fourth-order valence-electron chi connectivity index (χ4n) is 1.52. The van der Waals surface area contributed by atoms with Crippen LogP contribution in [0.15, 0.2) is 12.1 Å². The number of benzene rings is 1. The van der Waals surface area contributed by atoms with Crippen molar-refractivity contribution in [3.8, 4) is 0 Å². The SMILES string of the molecule is CC[C@@H](C)Nc1c([N+](=O)[O-])cc(C(=O)O)cc1[N+](=O)[O-]. The molecule has 0 aliphatic rings. The van der Waals surface area contributed by atoms with Gasteiger partial charge < -0.3 is 10.4 Å². The van der Waals surface area contributed by atoms with E-state index in [2.05, 4.69) is 5.32 Å². The molecule has 20 heavy (non-hydrogen) atoms. The molecule has 108 valence electrons. The largest absolute Gasteiger partial charge is 0.478 e. The smallest absolute Gasteiger partial charge is 0.336 e. The Morgan fingerprint density at radius 1 is 1.30 bits per heavy atom. The highest BCUT2D eigenvalue weighted by Crippen LogP contribution is 2.36. The molecule has 0 amide bonds. The summed E-state index contributed by atoms with van der Waals surface area (Å²) in [7, 11) is 0. The van der Waals surface area contributed by atoms with Crippen molar-refractivity contribution < 1.29 is 19.7 Å². The Bertz CT molecular complexity index is 536. The summed E-state index contributed by atoms with van der Waals surface area (Å²) >= 11 is 0. The first kappa shape index (κ1) is 15.3. The number of hydrogen-bond acceptors (Lipinski definition) is 6. The number of hydrogen-bond donors (Lipinski definition) is 2. The fourth-order valence-corrected chi connectivity index (χ4v) is 1.52. The van der Waals surface area contributed by atoms with E-state index in [0.717, 1.165) is 12.1 Å². The van der Waals surface area contributed by atoms with Gasteiger partial charge in [-0.2, -0.15) is 0 Å². The molecule has 0 spiro atoms. The Balaban J connectivity index is 3.55. The van der Waals surface area contributed by atoms with Crippen molar-refractivity contribution in [1.29, 1.82) is 0 Å². The van der Waals surface area contributed by atoms with Gasteiger partial charge in [0.15, 0.2) is 5.69 Å². The summed E-state index contributed by atoms with van der Waals surface area (Å²) in [6.45, 7) is 3.51. The van der Waals surface area contributed by atoms with E-state index in [4.69, 9.17) is 5.11 Å². The predicted octanol–water partition coefficient (Wildman–Crippen LogP) is 2.41. The lowest BCUT2D eigenvalue weighted by atomic mass is 10.1. The molecule has 1 atom stereocenters. The number of aromatic carboxylic acids is 1. The number of carbonyl (C=O) groups is 1. The predicted molar refractivity (Wildman–Crippen MR) is 70.1 cm³/mol. The number of anilines is 1. The van der Waals surface area contributed by atoms with Gasteiger partial charge in [0, 0.05) is 18.2 Å². The van der Waals surface area contributed by atoms with Crippen LogP contribution in [0.25, 0.3) is 0 Å². The molecule has 0 heterocycles. The minimum absolute atomic E-state index is 0.233. The monoisotopic (exact) mass is 283 g/mol. The molecule has 0 aliphatic carbocycles. The zero-order valence-electron chi connectivity index (χ0n) is 10.8. The number of nitro groups is 2. The first-order valence-electron chi connectivity index (χ1n) is 5.74. The maximum absolute atomic E-state index is 11.0. The summed E-state index contributed by atoms with van der Waals surface area (Å²) in [5.41, 5.74) is -2.04. The van der Waals surface area contributed by atoms with Gasteiger partial charge in [0.2, 0.25) is 0 Å². The fraction of sp³-hybridized carbons (Fsp3) is 0.364. The maximum atomic E-state index is 11.0. The number of carboxylic acid groups (broad SMARTS) is 1. The number of carboxylic acids is 1. The molecule has 0 aliphatic heterocycles. The van der Waals surface area contributed by atoms with E-state index in [-0.39, 0.29) is 11.7 Å². The molecule has 1 aromatic carbocycles. The molecule has 0 fully saturated rings. The van der Waals surface area contributed by atoms with Crippen LogP contribution in [0.4, 0.5) is 17.1 Å². The van der Waals surface area contributed by atoms with Crippen LogP contribution in [0.2, 0.25) is 0 Å². The number of nitro benzene ring substituents is 2. The topological polar surface area (TPSA) is 136 Å². The molecule has 0 radical (unpaired) electrons. The number of nitrogens with zero attached hydrogens (tertiary/aromatic N) is 2. The zero-order valence-corrected chi connectivity index (χ0v) is 10.8. The van der Waals surface area contributed by atoms with Gasteiger partial charge in [-0.1, -0.05) is 6.92 Å². The highest BCUT2D eigenvalue weighted by Gasteiger charge is 2.29. The van der Waals surface area contributed by atoms with Crippen molar-refractivity contribution in [1.82, 2.24) is 0 Å². The summed E-state index contributed by atoms with van der Waals surface area (Å²) < 4.78 is 0. The highest BCUT2D eigenvalue weighted by atomic mass is 16.6. The molecule has 0 unspecified atom stereocenters. The molecule has 0 aromatic heterocycles. The third-order valence-corrected chi connectivity index (χ3v) is 2.74. The molecule has 9 heteroatoms. The van der Waals surface area contributed by atoms with Crippen LogP contribution in [-0.2, 0) is 0 Å². The van der Waals surface area contributed by atoms with Crippen molar-refractivity contribution in [3.05, 3.63) is 37.9 Å². The lowest BCUT2D eigenvalue weighted by Crippen LogP contribution is -2.16. The molecule has 1 aromatic rings. The summed E-state index contributed by atoms with van der Waals surface area (Å²) in [5.74, 6) is -1.47. The second-order valence-electron chi connectivity index (χ2n) is 4.16. The van der Waals surface area contributed by atoms with Crippen LogP contribution in [-0.4, -0.2) is 27.0 Å². The van der Waals surface area contributed by atoms with Gasteiger partial charge in [-0.25, -0.2) is 4.79 Å². The molecular formula is C11H13N3O6. The Morgan fingerprint density at radius 3 is 2.05 bits per heavy atom. The van der Waals surface area contributed by atoms with Gasteiger partial charge in [0.1, 0.15) is 0 Å². The van der Waals surface area contributed by atoms with E-state index < -0.39 is 32.8 Å². The highest BCUT2D eigenvalue weighted by molar-refractivity contribution is 5.92. The first-order valence-corrected chi connectivity index (χ1v) is 5.74. The van der Waals surface area contributed by atoms with Crippen molar-refractivity contribution in [2.75, 3.05) is 5.32 Å². The van der Waals surface area contributed by atoms with Crippen molar-refractivity contribution in [2.45, 2.75) is 26.3 Å². The summed E-state index contributed by atoms with van der Waals surface area (Å²) in [6.07, 6.45) is 0.592. The molecule has 2 N–H and O–H groups in total. The molecule has 0 saturated carbocycles. The summed E-state index contributed by atoms with van der Waals surface area (Å²) in [6, 6.07) is 1.38. The zero-order chi connectivity index (χ0) is 15.4. The van der Waals surface area contributed by atoms with Gasteiger partial charge in [0.05, 0.1) is 15.4 Å². The van der Waals surface area contributed by atoms with Crippen LogP contribution in [0.1, 0.15) is 30.6 Å². The third-order valence-electron chi connectivity index (χ3n) is 2.74. The van der Waals surface area contributed by atoms with E-state index in [0.29, 0.717) is 6.42 Å². The second-order valence-corrected chi connectivity index (χ2v) is 4.16. The third kappa shape index (κ3) is 3.19. The Hall–Kier alpha value is -2.71. The van der Waals surface area contributed by atoms with Gasteiger partial charge >= 0.3 is 5.97 Å². The van der Waals surface area contributed by atoms with E-state index in [9.17, 15) is 25.0 Å². The quantitative estimate of drug-likeness (QED) is 0.604. The van der Waals surface area contributed by atoms with Gasteiger partial charge in [-0.05, 0) is 13.3 Å². The molecule has 0 bridgehead atoms. The molecule has 0 saturated heterocycles. The van der Waals surface area contributed by atoms with Crippen LogP contribution in [0, 0.1) is 20.2 Å². The first-order chi connectivity index (χ1) is 9.27. The standard InChI is InChI=1S/C11H13N3O6/c1-3-6(2)12-10-8(13(17)18)4-7(11(15)16)5-9(10)14(19)20/h4-6,12H,3H2,1-2H3,(H,15,16)/t6-/m1/s1. The van der Waals surface area contributed by atoms with Crippen molar-refractivity contribution >= 4 is 23.0 Å². The normalized spacial score (nSPS) is 11.7. The minimum atomic E-state index is -1.47. The van der Waals surface area contributed by atoms with E-state index in [1.54, 1.807) is 13.8 Å². The maximum Gasteiger partial charge on any atom is 0.336 e. The summed E-state index contributed by atoms with van der Waals surface area (Å²) in [5, 5.41) is 33.5. The van der Waals surface area contributed by atoms with Crippen LogP contribution >= 0.6 is 0 Å². The van der Waals surface area contributed by atoms with E-state index in [1.165, 1.54) is 0 Å². The average molecular weight is 283 g/mol. The minimum Gasteiger partial charge on any atom is -0.478 e. The summed E-state index contributed by atoms with van der Waals surface area (Å²) in [4.78, 5) is 31.2. The second kappa shape index (κ2) is 5.95. The van der Waals surface area contributed by atoms with E-state index in [1.807, 2.05) is 0 Å². The Labute approximate surface area is 113 Å². The molecule has 1 rings (SSSR count). The van der Waals surface area contributed by atoms with E-state index >= 15 is 0 Å². The van der Waals surface area contributed by atoms with Crippen molar-refractivity contribution in [3.63, 3.8) is 0 Å². The van der Waals surface area contributed by atoms with Gasteiger partial charge in [-0.3, -0.25) is 20.2 Å². The van der Waals surface area contributed by atoms with Crippen LogP contribution in [0.3, 0.4) is 0 Å². The van der Waals surface area contributed by atoms with Gasteiger partial charge in [-0.15, -0.1) is 0 Å². The lowest BCUT2D eigenvalue weighted by molar-refractivity contribution is -0.392. The molecule has 9 nitrogen and oxygen atoms in total. The average Bonchev–Trinajstić information content (AvgIpc) is 2.37. The molecular weight excluding hydrogens is 270 g/mol. The Morgan fingerprint density at radius 2 is 1.75 bits per heavy atom. The number of nitrogens with one attached hydrogen (secondary N) is 1. The van der Waals surface area contributed by atoms with Crippen LogP contribution < -0.4 is 5.32 Å². The Kier molecular flexibility index (Phi) is 4.57.